The first-order valence-corrected chi connectivity index (χ1v) is 11.1. The molecule has 6 rings (SSSR count). The van der Waals surface area contributed by atoms with Gasteiger partial charge in [0.05, 0.1) is 6.04 Å². The molecular formula is C24H21F3N4O3. The van der Waals surface area contributed by atoms with Crippen molar-refractivity contribution in [2.75, 3.05) is 17.4 Å². The molecule has 3 aromatic rings. The molecular weight excluding hydrogens is 449 g/mol. The average Bonchev–Trinajstić information content (AvgIpc) is 3.55. The summed E-state index contributed by atoms with van der Waals surface area (Å²) in [5.41, 5.74) is 3.61. The molecule has 2 aliphatic heterocycles. The lowest BCUT2D eigenvalue weighted by atomic mass is 9.96. The van der Waals surface area contributed by atoms with Gasteiger partial charge in [-0.1, -0.05) is 12.1 Å². The maximum absolute atomic E-state index is 14.0. The maximum atomic E-state index is 14.0. The van der Waals surface area contributed by atoms with Crippen LogP contribution in [0.15, 0.2) is 42.5 Å². The number of hydrogen-bond acceptors (Lipinski definition) is 5. The number of aryl methyl sites for hydroxylation is 2. The lowest BCUT2D eigenvalue weighted by Gasteiger charge is -2.33. The molecule has 3 aliphatic rings. The number of carbonyl (C=O) groups is 1. The fraction of sp³-hybridized carbons (Fsp3) is 0.333. The van der Waals surface area contributed by atoms with Crippen LogP contribution in [-0.4, -0.2) is 28.7 Å². The summed E-state index contributed by atoms with van der Waals surface area (Å²) >= 11 is 0. The van der Waals surface area contributed by atoms with Gasteiger partial charge in [-0.3, -0.25) is 4.79 Å². The number of fused-ring (bicyclic) bond motifs is 3. The predicted molar refractivity (Wildman–Crippen MR) is 117 cm³/mol. The standard InChI is InChI=1S/C24H21F3N4O3/c25-24(26,27)21-10-17(15-5-7-19-20(9-15)34-12-33-19)29-22-11-18(30-31(21)22)23(32)28-16-6-4-13-2-1-3-14(13)8-16/h4-9,11,17,21,29H,1-3,10,12H2,(H,28,32)/t17-,21-/m0/s1. The highest BCUT2D eigenvalue weighted by Crippen LogP contribution is 2.45. The van der Waals surface area contributed by atoms with Crippen molar-refractivity contribution in [2.24, 2.45) is 0 Å². The molecule has 1 aliphatic carbocycles. The number of carbonyl (C=O) groups excluding carboxylic acids is 1. The number of nitrogens with zero attached hydrogens (tertiary/aromatic N) is 2. The SMILES string of the molecule is O=C(Nc1ccc2c(c1)CCC2)c1cc2n(n1)[C@H](C(F)(F)F)C[C@@H](c1ccc3c(c1)OCO3)N2. The molecule has 2 aromatic carbocycles. The van der Waals surface area contributed by atoms with Crippen molar-refractivity contribution in [3.8, 4) is 11.5 Å². The molecule has 2 N–H and O–H groups in total. The van der Waals surface area contributed by atoms with Gasteiger partial charge in [-0.25, -0.2) is 4.68 Å². The quantitative estimate of drug-likeness (QED) is 0.563. The summed E-state index contributed by atoms with van der Waals surface area (Å²) in [5, 5.41) is 9.90. The molecule has 10 heteroatoms. The van der Waals surface area contributed by atoms with E-state index in [-0.39, 0.29) is 24.7 Å². The third kappa shape index (κ3) is 3.63. The second kappa shape index (κ2) is 7.68. The Morgan fingerprint density at radius 1 is 1.06 bits per heavy atom. The van der Waals surface area contributed by atoms with Crippen LogP contribution in [0.25, 0.3) is 0 Å². The minimum atomic E-state index is -4.54. The summed E-state index contributed by atoms with van der Waals surface area (Å²) in [7, 11) is 0. The minimum Gasteiger partial charge on any atom is -0.454 e. The molecule has 2 atom stereocenters. The van der Waals surface area contributed by atoms with Crippen LogP contribution >= 0.6 is 0 Å². The van der Waals surface area contributed by atoms with Gasteiger partial charge < -0.3 is 20.1 Å². The number of aromatic nitrogens is 2. The van der Waals surface area contributed by atoms with Crippen molar-refractivity contribution in [1.29, 1.82) is 0 Å². The topological polar surface area (TPSA) is 77.4 Å². The van der Waals surface area contributed by atoms with Crippen LogP contribution in [0, 0.1) is 0 Å². The number of anilines is 2. The van der Waals surface area contributed by atoms with Crippen LogP contribution in [0.3, 0.4) is 0 Å². The van der Waals surface area contributed by atoms with E-state index in [4.69, 9.17) is 9.47 Å². The normalized spacial score (nSPS) is 20.4. The maximum Gasteiger partial charge on any atom is 0.410 e. The van der Waals surface area contributed by atoms with E-state index in [1.807, 2.05) is 18.2 Å². The lowest BCUT2D eigenvalue weighted by Crippen LogP contribution is -2.35. The van der Waals surface area contributed by atoms with Crippen LogP contribution < -0.4 is 20.1 Å². The van der Waals surface area contributed by atoms with E-state index in [2.05, 4.69) is 15.7 Å². The number of rotatable bonds is 3. The third-order valence-corrected chi connectivity index (χ3v) is 6.58. The molecule has 1 aromatic heterocycles. The second-order valence-electron chi connectivity index (χ2n) is 8.75. The second-order valence-corrected chi connectivity index (χ2v) is 8.75. The van der Waals surface area contributed by atoms with E-state index < -0.39 is 24.2 Å². The molecule has 0 unspecified atom stereocenters. The average molecular weight is 470 g/mol. The molecule has 0 spiro atoms. The van der Waals surface area contributed by atoms with E-state index in [1.165, 1.54) is 17.2 Å². The molecule has 3 heterocycles. The summed E-state index contributed by atoms with van der Waals surface area (Å²) in [6.45, 7) is 0.0809. The number of alkyl halides is 3. The van der Waals surface area contributed by atoms with Gasteiger partial charge in [-0.05, 0) is 60.2 Å². The van der Waals surface area contributed by atoms with Crippen molar-refractivity contribution in [2.45, 2.75) is 43.9 Å². The van der Waals surface area contributed by atoms with E-state index in [0.29, 0.717) is 22.7 Å². The summed E-state index contributed by atoms with van der Waals surface area (Å²) < 4.78 is 53.5. The minimum absolute atomic E-state index is 0.0800. The van der Waals surface area contributed by atoms with Crippen LogP contribution in [0.2, 0.25) is 0 Å². The highest BCUT2D eigenvalue weighted by molar-refractivity contribution is 6.03. The van der Waals surface area contributed by atoms with Crippen LogP contribution in [-0.2, 0) is 12.8 Å². The van der Waals surface area contributed by atoms with Crippen molar-refractivity contribution in [3.63, 3.8) is 0 Å². The van der Waals surface area contributed by atoms with Crippen molar-refractivity contribution in [3.05, 3.63) is 64.8 Å². The lowest BCUT2D eigenvalue weighted by molar-refractivity contribution is -0.173. The number of benzene rings is 2. The van der Waals surface area contributed by atoms with Gasteiger partial charge in [0.15, 0.2) is 23.2 Å². The molecule has 0 radical (unpaired) electrons. The highest BCUT2D eigenvalue weighted by atomic mass is 19.4. The third-order valence-electron chi connectivity index (χ3n) is 6.58. The number of nitrogens with one attached hydrogen (secondary N) is 2. The van der Waals surface area contributed by atoms with Gasteiger partial charge in [0.2, 0.25) is 6.79 Å². The van der Waals surface area contributed by atoms with Gasteiger partial charge in [0.1, 0.15) is 5.82 Å². The van der Waals surface area contributed by atoms with Gasteiger partial charge in [-0.2, -0.15) is 18.3 Å². The Balaban J connectivity index is 1.28. The molecule has 34 heavy (non-hydrogen) atoms. The number of amides is 1. The largest absolute Gasteiger partial charge is 0.454 e. The molecule has 0 fully saturated rings. The predicted octanol–water partition coefficient (Wildman–Crippen LogP) is 5.01. The zero-order valence-corrected chi connectivity index (χ0v) is 18.0. The Bertz CT molecular complexity index is 1290. The first-order chi connectivity index (χ1) is 16.3. The number of halogens is 3. The molecule has 0 saturated carbocycles. The monoisotopic (exact) mass is 470 g/mol. The van der Waals surface area contributed by atoms with Crippen molar-refractivity contribution >= 4 is 17.4 Å². The Labute approximate surface area is 192 Å². The fourth-order valence-electron chi connectivity index (χ4n) is 4.88. The first kappa shape index (κ1) is 20.9. The van der Waals surface area contributed by atoms with E-state index >= 15 is 0 Å². The molecule has 1 amide bonds. The molecule has 0 saturated heterocycles. The Morgan fingerprint density at radius 3 is 2.74 bits per heavy atom. The summed E-state index contributed by atoms with van der Waals surface area (Å²) in [4.78, 5) is 12.8. The number of ether oxygens (including phenoxy) is 2. The Morgan fingerprint density at radius 2 is 1.88 bits per heavy atom. The van der Waals surface area contributed by atoms with Crippen molar-refractivity contribution < 1.29 is 27.4 Å². The van der Waals surface area contributed by atoms with E-state index in [9.17, 15) is 18.0 Å². The van der Waals surface area contributed by atoms with Gasteiger partial charge in [0.25, 0.3) is 5.91 Å². The summed E-state index contributed by atoms with van der Waals surface area (Å²) in [6, 6.07) is 9.64. The highest BCUT2D eigenvalue weighted by Gasteiger charge is 2.47. The Kier molecular flexibility index (Phi) is 4.72. The summed E-state index contributed by atoms with van der Waals surface area (Å²) in [6.07, 6.45) is -1.76. The summed E-state index contributed by atoms with van der Waals surface area (Å²) in [5.74, 6) is 0.636. The zero-order chi connectivity index (χ0) is 23.4. The Hall–Kier alpha value is -3.69. The fourth-order valence-corrected chi connectivity index (χ4v) is 4.88. The first-order valence-electron chi connectivity index (χ1n) is 11.1. The van der Waals surface area contributed by atoms with Crippen LogP contribution in [0.1, 0.15) is 52.1 Å². The van der Waals surface area contributed by atoms with E-state index in [1.54, 1.807) is 18.2 Å². The van der Waals surface area contributed by atoms with Crippen LogP contribution in [0.4, 0.5) is 24.7 Å². The zero-order valence-electron chi connectivity index (χ0n) is 18.0. The molecule has 7 nitrogen and oxygen atoms in total. The smallest absolute Gasteiger partial charge is 0.410 e. The van der Waals surface area contributed by atoms with Crippen LogP contribution in [0.5, 0.6) is 11.5 Å². The molecule has 0 bridgehead atoms. The van der Waals surface area contributed by atoms with Gasteiger partial charge >= 0.3 is 6.18 Å². The van der Waals surface area contributed by atoms with Gasteiger partial charge in [0, 0.05) is 18.2 Å². The van der Waals surface area contributed by atoms with E-state index in [0.717, 1.165) is 23.9 Å². The van der Waals surface area contributed by atoms with Crippen molar-refractivity contribution in [1.82, 2.24) is 9.78 Å². The van der Waals surface area contributed by atoms with Gasteiger partial charge in [-0.15, -0.1) is 0 Å². The molecule has 176 valence electrons. The number of hydrogen-bond donors (Lipinski definition) is 2.